The molecule has 3 heteroatoms. The van der Waals surface area contributed by atoms with Gasteiger partial charge in [0.2, 0.25) is 0 Å². The van der Waals surface area contributed by atoms with E-state index in [9.17, 15) is 4.79 Å². The van der Waals surface area contributed by atoms with Crippen molar-refractivity contribution in [2.75, 3.05) is 5.32 Å². The maximum Gasteiger partial charge on any atom is 0.256 e. The van der Waals surface area contributed by atoms with Crippen LogP contribution in [0.15, 0.2) is 54.7 Å². The Bertz CT molecular complexity index is 819. The summed E-state index contributed by atoms with van der Waals surface area (Å²) in [5, 5.41) is 3.84. The van der Waals surface area contributed by atoms with Crippen LogP contribution in [0.2, 0.25) is 0 Å². The highest BCUT2D eigenvalue weighted by molar-refractivity contribution is 6.12. The first-order valence-electron chi connectivity index (χ1n) is 6.87. The molecule has 0 fully saturated rings. The third-order valence-electron chi connectivity index (χ3n) is 3.52. The lowest BCUT2D eigenvalue weighted by Gasteiger charge is -2.10. The predicted octanol–water partition coefficient (Wildman–Crippen LogP) is 4.10. The van der Waals surface area contributed by atoms with Crippen molar-refractivity contribution in [2.24, 2.45) is 0 Å². The molecule has 2 aromatic carbocycles. The van der Waals surface area contributed by atoms with E-state index in [4.69, 9.17) is 0 Å². The number of rotatable bonds is 2. The third-order valence-corrected chi connectivity index (χ3v) is 3.52. The van der Waals surface area contributed by atoms with E-state index in [2.05, 4.69) is 16.4 Å². The number of nitrogens with zero attached hydrogens (tertiary/aromatic N) is 1. The lowest BCUT2D eigenvalue weighted by Crippen LogP contribution is -2.13. The van der Waals surface area contributed by atoms with Crippen LogP contribution in [-0.4, -0.2) is 10.9 Å². The predicted molar refractivity (Wildman–Crippen MR) is 85.6 cm³/mol. The normalized spacial score (nSPS) is 10.6. The van der Waals surface area contributed by atoms with Crippen molar-refractivity contribution >= 4 is 22.5 Å². The molecule has 0 saturated heterocycles. The first-order valence-corrected chi connectivity index (χ1v) is 6.87. The summed E-state index contributed by atoms with van der Waals surface area (Å²) >= 11 is 0. The van der Waals surface area contributed by atoms with E-state index in [0.717, 1.165) is 22.2 Å². The van der Waals surface area contributed by atoms with Crippen molar-refractivity contribution in [3.05, 3.63) is 71.4 Å². The molecule has 1 heterocycles. The van der Waals surface area contributed by atoms with Gasteiger partial charge in [-0.2, -0.15) is 0 Å². The summed E-state index contributed by atoms with van der Waals surface area (Å²) in [6.07, 6.45) is 1.67. The molecule has 0 aliphatic carbocycles. The molecule has 0 spiro atoms. The maximum atomic E-state index is 12.5. The van der Waals surface area contributed by atoms with Gasteiger partial charge in [0.05, 0.1) is 11.1 Å². The van der Waals surface area contributed by atoms with E-state index in [-0.39, 0.29) is 5.91 Å². The van der Waals surface area contributed by atoms with E-state index in [1.54, 1.807) is 12.3 Å². The zero-order chi connectivity index (χ0) is 14.8. The van der Waals surface area contributed by atoms with Gasteiger partial charge in [-0.1, -0.05) is 35.9 Å². The molecule has 3 aromatic rings. The molecule has 0 saturated carbocycles. The van der Waals surface area contributed by atoms with E-state index in [1.807, 2.05) is 50.2 Å². The summed E-state index contributed by atoms with van der Waals surface area (Å²) in [4.78, 5) is 16.8. The number of aryl methyl sites for hydroxylation is 2. The Hall–Kier alpha value is -2.68. The first kappa shape index (κ1) is 13.3. The van der Waals surface area contributed by atoms with Crippen molar-refractivity contribution in [1.29, 1.82) is 0 Å². The highest BCUT2D eigenvalue weighted by Crippen LogP contribution is 2.20. The monoisotopic (exact) mass is 276 g/mol. The topological polar surface area (TPSA) is 42.0 Å². The van der Waals surface area contributed by atoms with Gasteiger partial charge in [-0.15, -0.1) is 0 Å². The molecule has 0 aliphatic heterocycles. The zero-order valence-electron chi connectivity index (χ0n) is 12.1. The summed E-state index contributed by atoms with van der Waals surface area (Å²) < 4.78 is 0. The standard InChI is InChI=1S/C18H16N2O/c1-12-7-8-16(13(2)11-12)20-18(21)15-9-10-19-17-6-4-3-5-14(15)17/h3-11H,1-2H3,(H,20,21). The molecule has 0 aliphatic rings. The second-order valence-corrected chi connectivity index (χ2v) is 5.15. The van der Waals surface area contributed by atoms with Gasteiger partial charge in [0.15, 0.2) is 0 Å². The molecule has 1 aromatic heterocycles. The van der Waals surface area contributed by atoms with Crippen LogP contribution in [0.1, 0.15) is 21.5 Å². The Labute approximate surface area is 123 Å². The lowest BCUT2D eigenvalue weighted by molar-refractivity contribution is 0.102. The van der Waals surface area contributed by atoms with Crippen molar-refractivity contribution in [2.45, 2.75) is 13.8 Å². The molecular formula is C18H16N2O. The van der Waals surface area contributed by atoms with Gasteiger partial charge in [-0.25, -0.2) is 0 Å². The quantitative estimate of drug-likeness (QED) is 0.765. The van der Waals surface area contributed by atoms with Gasteiger partial charge in [0.1, 0.15) is 0 Å². The van der Waals surface area contributed by atoms with Gasteiger partial charge in [-0.3, -0.25) is 9.78 Å². The number of fused-ring (bicyclic) bond motifs is 1. The number of hydrogen-bond acceptors (Lipinski definition) is 2. The molecule has 21 heavy (non-hydrogen) atoms. The molecule has 0 radical (unpaired) electrons. The highest BCUT2D eigenvalue weighted by Gasteiger charge is 2.11. The number of nitrogens with one attached hydrogen (secondary N) is 1. The average Bonchev–Trinajstić information content (AvgIpc) is 2.49. The maximum absolute atomic E-state index is 12.5. The Morgan fingerprint density at radius 1 is 1.05 bits per heavy atom. The number of hydrogen-bond donors (Lipinski definition) is 1. The third kappa shape index (κ3) is 2.63. The van der Waals surface area contributed by atoms with Gasteiger partial charge in [0, 0.05) is 17.3 Å². The van der Waals surface area contributed by atoms with Crippen LogP contribution in [-0.2, 0) is 0 Å². The summed E-state index contributed by atoms with van der Waals surface area (Å²) in [6, 6.07) is 15.4. The number of amides is 1. The fraction of sp³-hybridized carbons (Fsp3) is 0.111. The van der Waals surface area contributed by atoms with Crippen molar-refractivity contribution < 1.29 is 4.79 Å². The average molecular weight is 276 g/mol. The molecule has 0 unspecified atom stereocenters. The second kappa shape index (κ2) is 5.37. The Kier molecular flexibility index (Phi) is 3.40. The highest BCUT2D eigenvalue weighted by atomic mass is 16.1. The van der Waals surface area contributed by atoms with Crippen LogP contribution in [0.25, 0.3) is 10.9 Å². The molecule has 0 atom stereocenters. The molecule has 3 rings (SSSR count). The summed E-state index contributed by atoms with van der Waals surface area (Å²) in [6.45, 7) is 4.03. The van der Waals surface area contributed by atoms with Gasteiger partial charge in [0.25, 0.3) is 5.91 Å². The number of benzene rings is 2. The fourth-order valence-electron chi connectivity index (χ4n) is 2.44. The summed E-state index contributed by atoms with van der Waals surface area (Å²) in [7, 11) is 0. The zero-order valence-corrected chi connectivity index (χ0v) is 12.1. The van der Waals surface area contributed by atoms with Crippen LogP contribution in [0.4, 0.5) is 5.69 Å². The van der Waals surface area contributed by atoms with Gasteiger partial charge >= 0.3 is 0 Å². The van der Waals surface area contributed by atoms with Crippen molar-refractivity contribution in [3.8, 4) is 0 Å². The molecule has 1 N–H and O–H groups in total. The van der Waals surface area contributed by atoms with E-state index in [0.29, 0.717) is 5.56 Å². The summed E-state index contributed by atoms with van der Waals surface area (Å²) in [5.74, 6) is -0.111. The van der Waals surface area contributed by atoms with Crippen LogP contribution in [0.3, 0.4) is 0 Å². The largest absolute Gasteiger partial charge is 0.322 e. The number of carbonyl (C=O) groups excluding carboxylic acids is 1. The Morgan fingerprint density at radius 3 is 2.67 bits per heavy atom. The van der Waals surface area contributed by atoms with Gasteiger partial charge < -0.3 is 5.32 Å². The molecule has 104 valence electrons. The van der Waals surface area contributed by atoms with E-state index >= 15 is 0 Å². The SMILES string of the molecule is Cc1ccc(NC(=O)c2ccnc3ccccc23)c(C)c1. The smallest absolute Gasteiger partial charge is 0.256 e. The van der Waals surface area contributed by atoms with Crippen LogP contribution in [0, 0.1) is 13.8 Å². The minimum absolute atomic E-state index is 0.111. The number of aromatic nitrogens is 1. The lowest BCUT2D eigenvalue weighted by atomic mass is 10.1. The summed E-state index contributed by atoms with van der Waals surface area (Å²) in [5.41, 5.74) is 4.54. The van der Waals surface area contributed by atoms with Crippen molar-refractivity contribution in [1.82, 2.24) is 4.98 Å². The van der Waals surface area contributed by atoms with Crippen LogP contribution < -0.4 is 5.32 Å². The van der Waals surface area contributed by atoms with Crippen molar-refractivity contribution in [3.63, 3.8) is 0 Å². The van der Waals surface area contributed by atoms with Gasteiger partial charge in [-0.05, 0) is 37.6 Å². The van der Waals surface area contributed by atoms with Crippen LogP contribution in [0.5, 0.6) is 0 Å². The number of carbonyl (C=O) groups is 1. The molecule has 0 bridgehead atoms. The minimum Gasteiger partial charge on any atom is -0.322 e. The second-order valence-electron chi connectivity index (χ2n) is 5.15. The Balaban J connectivity index is 1.97. The van der Waals surface area contributed by atoms with Crippen LogP contribution >= 0.6 is 0 Å². The molecule has 3 nitrogen and oxygen atoms in total. The number of pyridine rings is 1. The molecule has 1 amide bonds. The number of anilines is 1. The van der Waals surface area contributed by atoms with E-state index in [1.165, 1.54) is 5.56 Å². The fourth-order valence-corrected chi connectivity index (χ4v) is 2.44. The first-order chi connectivity index (χ1) is 10.1. The number of para-hydroxylation sites is 1. The minimum atomic E-state index is -0.111. The van der Waals surface area contributed by atoms with E-state index < -0.39 is 0 Å². The molecular weight excluding hydrogens is 260 g/mol. The Morgan fingerprint density at radius 2 is 1.86 bits per heavy atom.